The van der Waals surface area contributed by atoms with Gasteiger partial charge in [-0.25, -0.2) is 0 Å². The number of carbonyl (C=O) groups excluding carboxylic acids is 1. The number of rotatable bonds is 4. The first-order valence-electron chi connectivity index (χ1n) is 6.97. The Morgan fingerprint density at radius 2 is 2.00 bits per heavy atom. The van der Waals surface area contributed by atoms with E-state index in [2.05, 4.69) is 0 Å². The summed E-state index contributed by atoms with van der Waals surface area (Å²) in [5.74, 6) is 0.0547. The zero-order chi connectivity index (χ0) is 15.4. The van der Waals surface area contributed by atoms with Crippen LogP contribution < -0.4 is 10.6 Å². The van der Waals surface area contributed by atoms with E-state index in [1.807, 2.05) is 32.0 Å². The number of benzene rings is 2. The van der Waals surface area contributed by atoms with Crippen molar-refractivity contribution in [1.29, 1.82) is 0 Å². The molecule has 1 amide bonds. The average molecular weight is 284 g/mol. The first kappa shape index (κ1) is 15.1. The molecule has 0 saturated carbocycles. The summed E-state index contributed by atoms with van der Waals surface area (Å²) in [7, 11) is 0. The predicted molar refractivity (Wildman–Crippen MR) is 84.5 cm³/mol. The number of phenols is 1. The number of nitrogens with two attached hydrogens (primary N) is 1. The van der Waals surface area contributed by atoms with Crippen LogP contribution in [0.1, 0.15) is 28.4 Å². The summed E-state index contributed by atoms with van der Waals surface area (Å²) < 4.78 is 0. The Morgan fingerprint density at radius 1 is 1.24 bits per heavy atom. The minimum atomic E-state index is -0.0958. The normalized spacial score (nSPS) is 10.4. The lowest BCUT2D eigenvalue weighted by atomic mass is 10.1. The van der Waals surface area contributed by atoms with Crippen LogP contribution in [0.4, 0.5) is 5.69 Å². The predicted octanol–water partition coefficient (Wildman–Crippen LogP) is 2.83. The summed E-state index contributed by atoms with van der Waals surface area (Å²) in [5.41, 5.74) is 8.81. The van der Waals surface area contributed by atoms with Crippen molar-refractivity contribution < 1.29 is 9.90 Å². The van der Waals surface area contributed by atoms with E-state index in [0.717, 1.165) is 16.8 Å². The molecule has 0 spiro atoms. The fourth-order valence-electron chi connectivity index (χ4n) is 2.30. The Morgan fingerprint density at radius 3 is 2.67 bits per heavy atom. The summed E-state index contributed by atoms with van der Waals surface area (Å²) in [6.45, 7) is 4.75. The van der Waals surface area contributed by atoms with Crippen molar-refractivity contribution in [3.8, 4) is 5.75 Å². The van der Waals surface area contributed by atoms with Crippen molar-refractivity contribution in [3.05, 3.63) is 59.2 Å². The van der Waals surface area contributed by atoms with Crippen LogP contribution in [0, 0.1) is 6.92 Å². The summed E-state index contributed by atoms with van der Waals surface area (Å²) in [4.78, 5) is 14.4. The van der Waals surface area contributed by atoms with Gasteiger partial charge >= 0.3 is 0 Å². The number of hydrogen-bond acceptors (Lipinski definition) is 3. The van der Waals surface area contributed by atoms with Crippen molar-refractivity contribution >= 4 is 11.6 Å². The van der Waals surface area contributed by atoms with E-state index in [-0.39, 0.29) is 11.7 Å². The smallest absolute Gasteiger partial charge is 0.258 e. The van der Waals surface area contributed by atoms with Crippen LogP contribution in [0.25, 0.3) is 0 Å². The highest BCUT2D eigenvalue weighted by atomic mass is 16.3. The van der Waals surface area contributed by atoms with Crippen LogP contribution in [0.3, 0.4) is 0 Å². The molecule has 21 heavy (non-hydrogen) atoms. The molecule has 0 aliphatic heterocycles. The molecule has 0 unspecified atom stereocenters. The molecule has 2 aromatic rings. The number of phenolic OH excluding ortho intramolecular Hbond substituents is 1. The van der Waals surface area contributed by atoms with E-state index in [0.29, 0.717) is 18.7 Å². The molecular weight excluding hydrogens is 264 g/mol. The summed E-state index contributed by atoms with van der Waals surface area (Å²) in [5, 5.41) is 9.66. The van der Waals surface area contributed by atoms with E-state index in [1.165, 1.54) is 0 Å². The SMILES string of the molecule is CCN(C(=O)c1cccc(CN)c1)c1cc(O)ccc1C. The van der Waals surface area contributed by atoms with Crippen LogP contribution in [-0.2, 0) is 6.54 Å². The number of anilines is 1. The van der Waals surface area contributed by atoms with Gasteiger partial charge in [0, 0.05) is 24.7 Å². The van der Waals surface area contributed by atoms with Gasteiger partial charge in [-0.1, -0.05) is 18.2 Å². The van der Waals surface area contributed by atoms with Gasteiger partial charge in [0.25, 0.3) is 5.91 Å². The zero-order valence-electron chi connectivity index (χ0n) is 12.3. The van der Waals surface area contributed by atoms with Crippen molar-refractivity contribution in [2.24, 2.45) is 5.73 Å². The Kier molecular flexibility index (Phi) is 4.60. The van der Waals surface area contributed by atoms with Crippen LogP contribution in [0.2, 0.25) is 0 Å². The molecule has 0 bridgehead atoms. The topological polar surface area (TPSA) is 66.6 Å². The van der Waals surface area contributed by atoms with E-state index in [9.17, 15) is 9.90 Å². The number of carbonyl (C=O) groups is 1. The Bertz CT molecular complexity index is 653. The lowest BCUT2D eigenvalue weighted by Crippen LogP contribution is -2.31. The summed E-state index contributed by atoms with van der Waals surface area (Å²) in [6.07, 6.45) is 0. The maximum atomic E-state index is 12.7. The Balaban J connectivity index is 2.40. The van der Waals surface area contributed by atoms with Gasteiger partial charge < -0.3 is 15.7 Å². The van der Waals surface area contributed by atoms with Crippen LogP contribution >= 0.6 is 0 Å². The minimum absolute atomic E-state index is 0.0958. The average Bonchev–Trinajstić information content (AvgIpc) is 2.51. The van der Waals surface area contributed by atoms with Gasteiger partial charge in [0.15, 0.2) is 0 Å². The summed E-state index contributed by atoms with van der Waals surface area (Å²) >= 11 is 0. The largest absolute Gasteiger partial charge is 0.508 e. The number of aromatic hydroxyl groups is 1. The molecule has 0 radical (unpaired) electrons. The van der Waals surface area contributed by atoms with Gasteiger partial charge in [-0.3, -0.25) is 4.79 Å². The fourth-order valence-corrected chi connectivity index (χ4v) is 2.30. The van der Waals surface area contributed by atoms with E-state index in [4.69, 9.17) is 5.73 Å². The van der Waals surface area contributed by atoms with E-state index >= 15 is 0 Å². The Labute approximate surface area is 124 Å². The number of amides is 1. The minimum Gasteiger partial charge on any atom is -0.508 e. The van der Waals surface area contributed by atoms with Crippen molar-refractivity contribution in [1.82, 2.24) is 0 Å². The van der Waals surface area contributed by atoms with Crippen LogP contribution in [0.15, 0.2) is 42.5 Å². The van der Waals surface area contributed by atoms with Crippen molar-refractivity contribution in [2.75, 3.05) is 11.4 Å². The molecule has 0 saturated heterocycles. The molecule has 110 valence electrons. The second-order valence-electron chi connectivity index (χ2n) is 4.92. The van der Waals surface area contributed by atoms with E-state index < -0.39 is 0 Å². The molecule has 0 heterocycles. The monoisotopic (exact) mass is 284 g/mol. The van der Waals surface area contributed by atoms with Crippen molar-refractivity contribution in [3.63, 3.8) is 0 Å². The maximum absolute atomic E-state index is 12.7. The van der Waals surface area contributed by atoms with Gasteiger partial charge in [-0.05, 0) is 43.2 Å². The maximum Gasteiger partial charge on any atom is 0.258 e. The third kappa shape index (κ3) is 3.23. The van der Waals surface area contributed by atoms with Gasteiger partial charge in [0.05, 0.1) is 5.69 Å². The highest BCUT2D eigenvalue weighted by molar-refractivity contribution is 6.06. The number of hydrogen-bond donors (Lipinski definition) is 2. The lowest BCUT2D eigenvalue weighted by molar-refractivity contribution is 0.0988. The Hall–Kier alpha value is -2.33. The van der Waals surface area contributed by atoms with E-state index in [1.54, 1.807) is 29.2 Å². The molecule has 4 heteroatoms. The third-order valence-corrected chi connectivity index (χ3v) is 3.45. The van der Waals surface area contributed by atoms with Crippen LogP contribution in [0.5, 0.6) is 5.75 Å². The molecule has 0 aliphatic carbocycles. The van der Waals surface area contributed by atoms with Gasteiger partial charge in [0.2, 0.25) is 0 Å². The first-order chi connectivity index (χ1) is 10.1. The molecule has 0 atom stereocenters. The fraction of sp³-hybridized carbons (Fsp3) is 0.235. The highest BCUT2D eigenvalue weighted by Gasteiger charge is 2.18. The van der Waals surface area contributed by atoms with Crippen molar-refractivity contribution in [2.45, 2.75) is 20.4 Å². The van der Waals surface area contributed by atoms with Gasteiger partial charge in [-0.15, -0.1) is 0 Å². The highest BCUT2D eigenvalue weighted by Crippen LogP contribution is 2.26. The second-order valence-corrected chi connectivity index (χ2v) is 4.92. The molecular formula is C17H20N2O2. The third-order valence-electron chi connectivity index (χ3n) is 3.45. The lowest BCUT2D eigenvalue weighted by Gasteiger charge is -2.23. The number of aryl methyl sites for hydroxylation is 1. The summed E-state index contributed by atoms with van der Waals surface area (Å²) in [6, 6.07) is 12.4. The standard InChI is InChI=1S/C17H20N2O2/c1-3-19(16-10-15(20)8-7-12(16)2)17(21)14-6-4-5-13(9-14)11-18/h4-10,20H,3,11,18H2,1-2H3. The molecule has 0 fully saturated rings. The molecule has 0 aliphatic rings. The quantitative estimate of drug-likeness (QED) is 0.907. The molecule has 3 N–H and O–H groups in total. The number of nitrogens with zero attached hydrogens (tertiary/aromatic N) is 1. The van der Waals surface area contributed by atoms with Crippen LogP contribution in [-0.4, -0.2) is 17.6 Å². The molecule has 2 aromatic carbocycles. The molecule has 4 nitrogen and oxygen atoms in total. The van der Waals surface area contributed by atoms with Gasteiger partial charge in [0.1, 0.15) is 5.75 Å². The molecule has 2 rings (SSSR count). The van der Waals surface area contributed by atoms with Gasteiger partial charge in [-0.2, -0.15) is 0 Å². The second kappa shape index (κ2) is 6.41. The first-order valence-corrected chi connectivity index (χ1v) is 6.97. The zero-order valence-corrected chi connectivity index (χ0v) is 12.3. The molecule has 0 aromatic heterocycles.